The summed E-state index contributed by atoms with van der Waals surface area (Å²) >= 11 is 1.52. The number of carboxylic acid groups (broad SMARTS) is 2. The normalized spacial score (nSPS) is 36.0. The number of hydrogen-bond donors (Lipinski definition) is 3. The zero-order valence-electron chi connectivity index (χ0n) is 16.3. The third-order valence-corrected chi connectivity index (χ3v) is 8.66. The minimum Gasteiger partial charge on any atom is -0.481 e. The van der Waals surface area contributed by atoms with E-state index in [1.165, 1.54) is 11.8 Å². The van der Waals surface area contributed by atoms with Gasteiger partial charge in [0.1, 0.15) is 5.41 Å². The molecule has 0 spiro atoms. The number of thioether (sulfide) groups is 1. The molecule has 152 valence electrons. The summed E-state index contributed by atoms with van der Waals surface area (Å²) in [6.07, 6.45) is 0.806. The second-order valence-electron chi connectivity index (χ2n) is 7.84. The van der Waals surface area contributed by atoms with Gasteiger partial charge in [-0.15, -0.1) is 11.8 Å². The van der Waals surface area contributed by atoms with E-state index < -0.39 is 46.9 Å². The number of hydrogen-bond acceptors (Lipinski definition) is 5. The first kappa shape index (κ1) is 20.9. The lowest BCUT2D eigenvalue weighted by molar-refractivity contribution is -0.165. The molecule has 6 nitrogen and oxygen atoms in total. The third kappa shape index (κ3) is 2.42. The van der Waals surface area contributed by atoms with Crippen molar-refractivity contribution in [3.63, 3.8) is 0 Å². The molecule has 3 rings (SSSR count). The summed E-state index contributed by atoms with van der Waals surface area (Å²) in [6.45, 7) is 5.25. The van der Waals surface area contributed by atoms with Crippen molar-refractivity contribution in [1.29, 1.82) is 0 Å². The van der Waals surface area contributed by atoms with E-state index in [0.29, 0.717) is 12.8 Å². The molecule has 2 saturated carbocycles. The molecule has 2 aliphatic rings. The second-order valence-corrected chi connectivity index (χ2v) is 9.06. The Morgan fingerprint density at radius 2 is 1.82 bits per heavy atom. The first-order valence-corrected chi connectivity index (χ1v) is 10.5. The van der Waals surface area contributed by atoms with Crippen LogP contribution >= 0.6 is 11.8 Å². The first-order valence-electron chi connectivity index (χ1n) is 9.67. The van der Waals surface area contributed by atoms with E-state index >= 15 is 0 Å². The summed E-state index contributed by atoms with van der Waals surface area (Å²) in [5.41, 5.74) is 3.88. The fraction of sp³-hybridized carbons (Fsp3) is 0.571. The lowest BCUT2D eigenvalue weighted by atomic mass is 9.61. The highest BCUT2D eigenvalue weighted by molar-refractivity contribution is 8.00. The first-order chi connectivity index (χ1) is 13.2. The number of aliphatic carboxylic acids is 2. The van der Waals surface area contributed by atoms with Crippen LogP contribution in [0.2, 0.25) is 0 Å². The maximum Gasteiger partial charge on any atom is 0.318 e. The topological polar surface area (TPSA) is 118 Å². The van der Waals surface area contributed by atoms with E-state index in [-0.39, 0.29) is 11.2 Å². The van der Waals surface area contributed by atoms with Gasteiger partial charge in [-0.25, -0.2) is 0 Å². The van der Waals surface area contributed by atoms with Crippen molar-refractivity contribution in [3.8, 4) is 0 Å². The Bertz CT molecular complexity index is 827. The van der Waals surface area contributed by atoms with E-state index in [1.807, 2.05) is 38.1 Å². The molecule has 7 heteroatoms. The Kier molecular flexibility index (Phi) is 5.36. The molecule has 2 aliphatic carbocycles. The van der Waals surface area contributed by atoms with E-state index in [2.05, 4.69) is 0 Å². The molecular weight excluding hydrogens is 378 g/mol. The van der Waals surface area contributed by atoms with Gasteiger partial charge < -0.3 is 15.9 Å². The molecule has 0 radical (unpaired) electrons. The predicted molar refractivity (Wildman–Crippen MR) is 106 cm³/mol. The van der Waals surface area contributed by atoms with Gasteiger partial charge in [-0.05, 0) is 36.8 Å². The Morgan fingerprint density at radius 1 is 1.18 bits per heavy atom. The minimum atomic E-state index is -1.75. The number of carbonyl (C=O) groups is 3. The average molecular weight is 406 g/mol. The van der Waals surface area contributed by atoms with Crippen molar-refractivity contribution in [2.45, 2.75) is 43.8 Å². The van der Waals surface area contributed by atoms with Crippen molar-refractivity contribution in [1.82, 2.24) is 0 Å². The van der Waals surface area contributed by atoms with Gasteiger partial charge in [0.2, 0.25) is 0 Å². The van der Waals surface area contributed by atoms with Gasteiger partial charge in [0.15, 0.2) is 5.78 Å². The van der Waals surface area contributed by atoms with Gasteiger partial charge in [-0.1, -0.05) is 38.5 Å². The number of ketones is 1. The van der Waals surface area contributed by atoms with Gasteiger partial charge in [-0.2, -0.15) is 0 Å². The number of Topliss-reactive ketones (excluding diaryl/α,β-unsaturated/α-hetero) is 1. The summed E-state index contributed by atoms with van der Waals surface area (Å²) in [6, 6.07) is 7.78. The number of fused-ring (bicyclic) bond motifs is 1. The number of carboxylic acids is 2. The van der Waals surface area contributed by atoms with Crippen LogP contribution in [0.25, 0.3) is 0 Å². The van der Waals surface area contributed by atoms with Crippen molar-refractivity contribution in [2.75, 3.05) is 6.54 Å². The van der Waals surface area contributed by atoms with Crippen LogP contribution in [0, 0.1) is 35.5 Å². The second kappa shape index (κ2) is 7.19. The third-order valence-electron chi connectivity index (χ3n) is 7.05. The van der Waals surface area contributed by atoms with Crippen LogP contribution in [-0.2, 0) is 14.4 Å². The molecule has 1 aromatic rings. The SMILES string of the molecule is CCC1C(Sc2ccccc2C)C2C(C(=O)O)C2(CC)C1(C(=O)O)C(=O)CN. The van der Waals surface area contributed by atoms with Crippen LogP contribution in [0.3, 0.4) is 0 Å². The highest BCUT2D eigenvalue weighted by Crippen LogP contribution is 2.82. The standard InChI is InChI=1S/C21H27NO5S/c1-4-12-17(28-13-9-7-6-8-11(13)3)15-16(18(24)25)20(15,5-2)21(12,19(26)27)14(23)10-22/h6-9,12,15-17H,4-5,10,22H2,1-3H3,(H,24,25)(H,26,27). The zero-order valence-corrected chi connectivity index (χ0v) is 17.2. The number of benzene rings is 1. The Labute approximate surface area is 168 Å². The van der Waals surface area contributed by atoms with Crippen molar-refractivity contribution in [2.24, 2.45) is 34.3 Å². The van der Waals surface area contributed by atoms with Crippen LogP contribution in [0.4, 0.5) is 0 Å². The molecule has 0 heterocycles. The highest BCUT2D eigenvalue weighted by atomic mass is 32.2. The van der Waals surface area contributed by atoms with Crippen LogP contribution < -0.4 is 5.73 Å². The van der Waals surface area contributed by atoms with Gasteiger partial charge >= 0.3 is 11.9 Å². The molecule has 0 bridgehead atoms. The van der Waals surface area contributed by atoms with E-state index in [4.69, 9.17) is 5.73 Å². The highest BCUT2D eigenvalue weighted by Gasteiger charge is 2.88. The molecule has 6 atom stereocenters. The van der Waals surface area contributed by atoms with Gasteiger partial charge in [0.25, 0.3) is 0 Å². The summed E-state index contributed by atoms with van der Waals surface area (Å²) in [5.74, 6) is -4.46. The Balaban J connectivity index is 2.20. The molecule has 0 aliphatic heterocycles. The van der Waals surface area contributed by atoms with Crippen LogP contribution in [0.1, 0.15) is 32.3 Å². The summed E-state index contributed by atoms with van der Waals surface area (Å²) < 4.78 is 0. The fourth-order valence-electron chi connectivity index (χ4n) is 6.04. The maximum atomic E-state index is 13.1. The van der Waals surface area contributed by atoms with E-state index in [0.717, 1.165) is 10.5 Å². The van der Waals surface area contributed by atoms with Crippen LogP contribution in [0.5, 0.6) is 0 Å². The van der Waals surface area contributed by atoms with Gasteiger partial charge in [0, 0.05) is 15.6 Å². The quantitative estimate of drug-likeness (QED) is 0.569. The minimum absolute atomic E-state index is 0.265. The fourth-order valence-corrected chi connectivity index (χ4v) is 7.86. The number of carbonyl (C=O) groups excluding carboxylic acids is 1. The van der Waals surface area contributed by atoms with Crippen LogP contribution in [-0.4, -0.2) is 39.7 Å². The van der Waals surface area contributed by atoms with E-state index in [9.17, 15) is 24.6 Å². The summed E-state index contributed by atoms with van der Waals surface area (Å²) in [7, 11) is 0. The smallest absolute Gasteiger partial charge is 0.318 e. The molecule has 28 heavy (non-hydrogen) atoms. The zero-order chi connectivity index (χ0) is 20.9. The van der Waals surface area contributed by atoms with Gasteiger partial charge in [-0.3, -0.25) is 14.4 Å². The molecule has 4 N–H and O–H groups in total. The van der Waals surface area contributed by atoms with Crippen molar-refractivity contribution < 1.29 is 24.6 Å². The Hall–Kier alpha value is -1.86. The summed E-state index contributed by atoms with van der Waals surface area (Å²) in [4.78, 5) is 38.8. The summed E-state index contributed by atoms with van der Waals surface area (Å²) in [5, 5.41) is 19.9. The van der Waals surface area contributed by atoms with Crippen molar-refractivity contribution in [3.05, 3.63) is 29.8 Å². The average Bonchev–Trinajstić information content (AvgIpc) is 3.28. The molecule has 0 saturated heterocycles. The van der Waals surface area contributed by atoms with Gasteiger partial charge in [0.05, 0.1) is 12.5 Å². The van der Waals surface area contributed by atoms with Crippen LogP contribution in [0.15, 0.2) is 29.2 Å². The molecule has 0 aromatic heterocycles. The van der Waals surface area contributed by atoms with E-state index in [1.54, 1.807) is 6.92 Å². The molecule has 2 fully saturated rings. The van der Waals surface area contributed by atoms with Crippen molar-refractivity contribution >= 4 is 29.5 Å². The Morgan fingerprint density at radius 3 is 2.29 bits per heavy atom. The predicted octanol–water partition coefficient (Wildman–Crippen LogP) is 2.82. The number of aryl methyl sites for hydroxylation is 1. The molecular formula is C21H27NO5S. The maximum absolute atomic E-state index is 13.1. The monoisotopic (exact) mass is 405 g/mol. The number of nitrogens with two attached hydrogens (primary N) is 1. The largest absolute Gasteiger partial charge is 0.481 e. The lowest BCUT2D eigenvalue weighted by Crippen LogP contribution is -2.55. The molecule has 1 aromatic carbocycles. The number of rotatable bonds is 8. The lowest BCUT2D eigenvalue weighted by Gasteiger charge is -2.40. The molecule has 0 amide bonds. The molecule has 6 unspecified atom stereocenters.